The molecule has 0 radical (unpaired) electrons. The number of ether oxygens (including phenoxy) is 1. The van der Waals surface area contributed by atoms with Crippen LogP contribution in [0, 0.1) is 11.8 Å². The molecule has 0 aromatic heterocycles. The molecule has 98 valence electrons. The largest absolute Gasteiger partial charge is 0.469 e. The third-order valence-corrected chi connectivity index (χ3v) is 3.60. The molecular weight excluding hydrogens is 218 g/mol. The number of carbonyl (C=O) groups is 2. The number of likely N-dealkylation sites (tertiary alicyclic amines) is 1. The number of hydrogen-bond acceptors (Lipinski definition) is 3. The molecule has 1 unspecified atom stereocenters. The SMILES string of the molecule is CCC(CC)C(=O)N1CCCC(C(=O)OC)C1. The number of carbonyl (C=O) groups excluding carboxylic acids is 2. The molecule has 1 amide bonds. The Morgan fingerprint density at radius 1 is 1.35 bits per heavy atom. The third kappa shape index (κ3) is 3.45. The minimum Gasteiger partial charge on any atom is -0.469 e. The maximum atomic E-state index is 12.2. The van der Waals surface area contributed by atoms with Crippen molar-refractivity contribution in [3.63, 3.8) is 0 Å². The molecule has 0 bridgehead atoms. The van der Waals surface area contributed by atoms with Gasteiger partial charge in [0.1, 0.15) is 0 Å². The van der Waals surface area contributed by atoms with E-state index >= 15 is 0 Å². The van der Waals surface area contributed by atoms with E-state index in [1.54, 1.807) is 0 Å². The van der Waals surface area contributed by atoms with Crippen molar-refractivity contribution in [2.24, 2.45) is 11.8 Å². The van der Waals surface area contributed by atoms with Crippen molar-refractivity contribution in [3.05, 3.63) is 0 Å². The number of esters is 1. The number of rotatable bonds is 4. The Labute approximate surface area is 103 Å². The summed E-state index contributed by atoms with van der Waals surface area (Å²) >= 11 is 0. The van der Waals surface area contributed by atoms with Gasteiger partial charge in [0.05, 0.1) is 13.0 Å². The first-order chi connectivity index (χ1) is 8.13. The molecule has 1 heterocycles. The Morgan fingerprint density at radius 3 is 2.53 bits per heavy atom. The Kier molecular flexibility index (Phi) is 5.45. The molecule has 1 aliphatic rings. The van der Waals surface area contributed by atoms with Crippen molar-refractivity contribution in [2.45, 2.75) is 39.5 Å². The second-order valence-corrected chi connectivity index (χ2v) is 4.66. The molecule has 1 aliphatic heterocycles. The summed E-state index contributed by atoms with van der Waals surface area (Å²) in [7, 11) is 1.41. The van der Waals surface area contributed by atoms with E-state index in [-0.39, 0.29) is 23.7 Å². The predicted octanol–water partition coefficient (Wildman–Crippen LogP) is 1.83. The molecule has 1 saturated heterocycles. The highest BCUT2D eigenvalue weighted by Gasteiger charge is 2.30. The topological polar surface area (TPSA) is 46.6 Å². The Balaban J connectivity index is 2.60. The van der Waals surface area contributed by atoms with Gasteiger partial charge in [-0.25, -0.2) is 0 Å². The Hall–Kier alpha value is -1.06. The molecule has 1 rings (SSSR count). The van der Waals surface area contributed by atoms with Gasteiger partial charge in [0.25, 0.3) is 0 Å². The molecule has 0 aromatic rings. The summed E-state index contributed by atoms with van der Waals surface area (Å²) < 4.78 is 4.75. The molecule has 17 heavy (non-hydrogen) atoms. The van der Waals surface area contributed by atoms with Crippen molar-refractivity contribution < 1.29 is 14.3 Å². The van der Waals surface area contributed by atoms with Gasteiger partial charge in [-0.2, -0.15) is 0 Å². The minimum absolute atomic E-state index is 0.103. The van der Waals surface area contributed by atoms with Crippen LogP contribution in [0.3, 0.4) is 0 Å². The van der Waals surface area contributed by atoms with E-state index in [4.69, 9.17) is 4.74 Å². The molecule has 0 N–H and O–H groups in total. The van der Waals surface area contributed by atoms with E-state index in [1.807, 2.05) is 18.7 Å². The maximum absolute atomic E-state index is 12.2. The standard InChI is InChI=1S/C13H23NO3/c1-4-10(5-2)12(15)14-8-6-7-11(9-14)13(16)17-3/h10-11H,4-9H2,1-3H3. The van der Waals surface area contributed by atoms with Crippen molar-refractivity contribution >= 4 is 11.9 Å². The number of amides is 1. The second kappa shape index (κ2) is 6.62. The zero-order valence-corrected chi connectivity index (χ0v) is 11.1. The lowest BCUT2D eigenvalue weighted by molar-refractivity contribution is -0.149. The molecular formula is C13H23NO3. The van der Waals surface area contributed by atoms with Gasteiger partial charge in [-0.1, -0.05) is 13.8 Å². The summed E-state index contributed by atoms with van der Waals surface area (Å²) in [6.45, 7) is 5.38. The summed E-state index contributed by atoms with van der Waals surface area (Å²) in [6, 6.07) is 0. The minimum atomic E-state index is -0.188. The van der Waals surface area contributed by atoms with Gasteiger partial charge in [-0.3, -0.25) is 9.59 Å². The van der Waals surface area contributed by atoms with Crippen LogP contribution in [0.1, 0.15) is 39.5 Å². The van der Waals surface area contributed by atoms with Gasteiger partial charge in [-0.15, -0.1) is 0 Å². The molecule has 4 heteroatoms. The van der Waals surface area contributed by atoms with Crippen LogP contribution in [-0.4, -0.2) is 37.0 Å². The molecule has 4 nitrogen and oxygen atoms in total. The average Bonchev–Trinajstić information content (AvgIpc) is 2.39. The Morgan fingerprint density at radius 2 is 2.00 bits per heavy atom. The van der Waals surface area contributed by atoms with Crippen molar-refractivity contribution in [1.29, 1.82) is 0 Å². The summed E-state index contributed by atoms with van der Waals surface area (Å²) in [5.41, 5.74) is 0. The normalized spacial score (nSPS) is 20.5. The predicted molar refractivity (Wildman–Crippen MR) is 65.4 cm³/mol. The number of nitrogens with zero attached hydrogens (tertiary/aromatic N) is 1. The van der Waals surface area contributed by atoms with E-state index < -0.39 is 0 Å². The fourth-order valence-electron chi connectivity index (χ4n) is 2.43. The lowest BCUT2D eigenvalue weighted by atomic mass is 9.95. The van der Waals surface area contributed by atoms with Crippen LogP contribution in [0.5, 0.6) is 0 Å². The summed E-state index contributed by atoms with van der Waals surface area (Å²) in [4.78, 5) is 25.5. The van der Waals surface area contributed by atoms with Crippen LogP contribution in [0.25, 0.3) is 0 Å². The van der Waals surface area contributed by atoms with Gasteiger partial charge in [0.15, 0.2) is 0 Å². The number of methoxy groups -OCH3 is 1. The smallest absolute Gasteiger partial charge is 0.310 e. The van der Waals surface area contributed by atoms with Gasteiger partial charge < -0.3 is 9.64 Å². The highest BCUT2D eigenvalue weighted by atomic mass is 16.5. The van der Waals surface area contributed by atoms with E-state index in [0.717, 1.165) is 32.2 Å². The van der Waals surface area contributed by atoms with E-state index in [1.165, 1.54) is 7.11 Å². The summed E-state index contributed by atoms with van der Waals surface area (Å²) in [6.07, 6.45) is 3.47. The van der Waals surface area contributed by atoms with E-state index in [0.29, 0.717) is 6.54 Å². The summed E-state index contributed by atoms with van der Waals surface area (Å²) in [5, 5.41) is 0. The van der Waals surface area contributed by atoms with Gasteiger partial charge >= 0.3 is 5.97 Å². The monoisotopic (exact) mass is 241 g/mol. The zero-order chi connectivity index (χ0) is 12.8. The summed E-state index contributed by atoms with van der Waals surface area (Å²) in [5.74, 6) is -0.0193. The quantitative estimate of drug-likeness (QED) is 0.705. The highest BCUT2D eigenvalue weighted by molar-refractivity contribution is 5.80. The number of piperidine rings is 1. The lowest BCUT2D eigenvalue weighted by Crippen LogP contribution is -2.45. The molecule has 0 spiro atoms. The molecule has 0 aliphatic carbocycles. The fourth-order valence-corrected chi connectivity index (χ4v) is 2.43. The fraction of sp³-hybridized carbons (Fsp3) is 0.846. The average molecular weight is 241 g/mol. The van der Waals surface area contributed by atoms with E-state index in [2.05, 4.69) is 0 Å². The third-order valence-electron chi connectivity index (χ3n) is 3.60. The maximum Gasteiger partial charge on any atom is 0.310 e. The van der Waals surface area contributed by atoms with Gasteiger partial charge in [-0.05, 0) is 25.7 Å². The molecule has 1 atom stereocenters. The van der Waals surface area contributed by atoms with Crippen molar-refractivity contribution in [3.8, 4) is 0 Å². The van der Waals surface area contributed by atoms with Gasteiger partial charge in [0, 0.05) is 19.0 Å². The molecule has 0 saturated carbocycles. The van der Waals surface area contributed by atoms with Crippen LogP contribution >= 0.6 is 0 Å². The van der Waals surface area contributed by atoms with Crippen LogP contribution in [0.15, 0.2) is 0 Å². The lowest BCUT2D eigenvalue weighted by Gasteiger charge is -2.33. The first-order valence-electron chi connectivity index (χ1n) is 6.50. The van der Waals surface area contributed by atoms with Crippen LogP contribution in [-0.2, 0) is 14.3 Å². The zero-order valence-electron chi connectivity index (χ0n) is 11.1. The highest BCUT2D eigenvalue weighted by Crippen LogP contribution is 2.21. The Bertz CT molecular complexity index is 274. The first-order valence-corrected chi connectivity index (χ1v) is 6.50. The van der Waals surface area contributed by atoms with Crippen LogP contribution < -0.4 is 0 Å². The van der Waals surface area contributed by atoms with E-state index in [9.17, 15) is 9.59 Å². The second-order valence-electron chi connectivity index (χ2n) is 4.66. The van der Waals surface area contributed by atoms with Crippen LogP contribution in [0.4, 0.5) is 0 Å². The van der Waals surface area contributed by atoms with Crippen molar-refractivity contribution in [1.82, 2.24) is 4.90 Å². The molecule has 1 fully saturated rings. The number of hydrogen-bond donors (Lipinski definition) is 0. The first kappa shape index (κ1) is 14.0. The molecule has 0 aromatic carbocycles. The van der Waals surface area contributed by atoms with Gasteiger partial charge in [0.2, 0.25) is 5.91 Å². The van der Waals surface area contributed by atoms with Crippen LogP contribution in [0.2, 0.25) is 0 Å². The van der Waals surface area contributed by atoms with Crippen molar-refractivity contribution in [2.75, 3.05) is 20.2 Å².